The summed E-state index contributed by atoms with van der Waals surface area (Å²) in [5.41, 5.74) is 1.48. The van der Waals surface area contributed by atoms with E-state index in [1.54, 1.807) is 57.2 Å². The van der Waals surface area contributed by atoms with Crippen LogP contribution in [0, 0.1) is 0 Å². The number of hydrogen-bond acceptors (Lipinski definition) is 11. The van der Waals surface area contributed by atoms with Crippen molar-refractivity contribution in [1.29, 1.82) is 0 Å². The van der Waals surface area contributed by atoms with Crippen LogP contribution >= 0.6 is 11.6 Å². The Kier molecular flexibility index (Phi) is 18.3. The Labute approximate surface area is 394 Å². The molecule has 1 aliphatic heterocycles. The molecular weight excluding hydrogens is 886 g/mol. The second kappa shape index (κ2) is 23.4. The molecule has 358 valence electrons. The van der Waals surface area contributed by atoms with Crippen molar-refractivity contribution in [3.8, 4) is 33.8 Å². The SMILES string of the molecule is CCCCNC(=O)OC(C)(C)C.CN(C(=O)CNC(=O)c1ccc(-c2ccc(Cl)cc2)cc1)C1C(=O)NCC(=O)NC(C(=O)O)Cc2ccc(O)c(c2)-c2cc1ccc2OC(=O)OC(C)(C)C. The van der Waals surface area contributed by atoms with Crippen LogP contribution in [0.3, 0.4) is 0 Å². The number of phenolic OH excluding ortho intramolecular Hbond substituents is 1. The number of alkyl carbamates (subject to hydrolysis) is 1. The molecule has 2 unspecified atom stereocenters. The highest BCUT2D eigenvalue weighted by Gasteiger charge is 2.32. The summed E-state index contributed by atoms with van der Waals surface area (Å²) in [6.45, 7) is 12.1. The number of amides is 5. The number of unbranched alkanes of at least 4 members (excludes halogenated alkanes) is 1. The van der Waals surface area contributed by atoms with Crippen LogP contribution in [0.2, 0.25) is 5.02 Å². The Morgan fingerprint density at radius 1 is 0.821 bits per heavy atom. The second-order valence-electron chi connectivity index (χ2n) is 17.5. The lowest BCUT2D eigenvalue weighted by molar-refractivity contribution is -0.142. The Balaban J connectivity index is 0.000000716. The molecule has 4 bridgehead atoms. The van der Waals surface area contributed by atoms with Gasteiger partial charge in [-0.2, -0.15) is 0 Å². The zero-order chi connectivity index (χ0) is 49.6. The fourth-order valence-electron chi connectivity index (χ4n) is 6.46. The van der Waals surface area contributed by atoms with E-state index in [9.17, 15) is 43.8 Å². The second-order valence-corrected chi connectivity index (χ2v) is 17.9. The minimum Gasteiger partial charge on any atom is -0.507 e. The molecule has 2 atom stereocenters. The van der Waals surface area contributed by atoms with E-state index < -0.39 is 72.1 Å². The van der Waals surface area contributed by atoms with Crippen molar-refractivity contribution in [2.24, 2.45) is 0 Å². The van der Waals surface area contributed by atoms with Gasteiger partial charge in [0.1, 0.15) is 34.8 Å². The van der Waals surface area contributed by atoms with Crippen molar-refractivity contribution in [2.75, 3.05) is 26.7 Å². The Bertz CT molecular complexity index is 2430. The van der Waals surface area contributed by atoms with Gasteiger partial charge in [0.2, 0.25) is 17.7 Å². The minimum absolute atomic E-state index is 0.0805. The molecule has 0 radical (unpaired) electrons. The summed E-state index contributed by atoms with van der Waals surface area (Å²) in [5.74, 6) is -4.59. The van der Waals surface area contributed by atoms with Crippen LogP contribution in [-0.4, -0.2) is 101 Å². The number of likely N-dealkylation sites (N-methyl/N-ethyl adjacent to an activating group) is 1. The third kappa shape index (κ3) is 16.4. The first-order valence-corrected chi connectivity index (χ1v) is 21.9. The predicted molar refractivity (Wildman–Crippen MR) is 251 cm³/mol. The monoisotopic (exact) mass is 943 g/mol. The van der Waals surface area contributed by atoms with Gasteiger partial charge in [-0.05, 0) is 119 Å². The van der Waals surface area contributed by atoms with Crippen molar-refractivity contribution in [3.63, 3.8) is 0 Å². The maximum Gasteiger partial charge on any atom is 0.514 e. The molecule has 0 fully saturated rings. The highest BCUT2D eigenvalue weighted by Crippen LogP contribution is 2.40. The number of carbonyl (C=O) groups is 7. The maximum absolute atomic E-state index is 13.8. The Morgan fingerprint density at radius 2 is 1.45 bits per heavy atom. The molecule has 0 aromatic heterocycles. The molecule has 1 heterocycles. The van der Waals surface area contributed by atoms with Gasteiger partial charge in [-0.3, -0.25) is 19.2 Å². The lowest BCUT2D eigenvalue weighted by Gasteiger charge is -2.29. The smallest absolute Gasteiger partial charge is 0.507 e. The number of nitrogens with one attached hydrogen (secondary N) is 4. The summed E-state index contributed by atoms with van der Waals surface area (Å²) in [5, 5.41) is 31.5. The number of phenols is 1. The van der Waals surface area contributed by atoms with Crippen LogP contribution in [0.15, 0.2) is 84.9 Å². The summed E-state index contributed by atoms with van der Waals surface area (Å²) >= 11 is 5.98. The average Bonchev–Trinajstić information content (AvgIpc) is 3.24. The topological polar surface area (TPSA) is 239 Å². The summed E-state index contributed by atoms with van der Waals surface area (Å²) in [4.78, 5) is 90.3. The number of rotatable bonds is 10. The first-order chi connectivity index (χ1) is 31.4. The molecule has 5 rings (SSSR count). The van der Waals surface area contributed by atoms with E-state index in [-0.39, 0.29) is 46.3 Å². The Morgan fingerprint density at radius 3 is 2.04 bits per heavy atom. The summed E-state index contributed by atoms with van der Waals surface area (Å²) in [6.07, 6.45) is 0.505. The molecule has 6 N–H and O–H groups in total. The number of benzene rings is 4. The molecule has 5 amide bonds. The van der Waals surface area contributed by atoms with Gasteiger partial charge in [0, 0.05) is 41.7 Å². The highest BCUT2D eigenvalue weighted by molar-refractivity contribution is 6.30. The molecule has 0 spiro atoms. The molecule has 67 heavy (non-hydrogen) atoms. The number of carboxylic acids is 1. The lowest BCUT2D eigenvalue weighted by atomic mass is 9.94. The number of fused-ring (bicyclic) bond motifs is 5. The normalized spacial score (nSPS) is 14.9. The van der Waals surface area contributed by atoms with Crippen molar-refractivity contribution in [1.82, 2.24) is 26.2 Å². The van der Waals surface area contributed by atoms with Gasteiger partial charge in [-0.25, -0.2) is 14.4 Å². The van der Waals surface area contributed by atoms with E-state index in [1.165, 1.54) is 43.4 Å². The van der Waals surface area contributed by atoms with Crippen LogP contribution in [-0.2, 0) is 35.1 Å². The number of carbonyl (C=O) groups excluding carboxylic acids is 6. The summed E-state index contributed by atoms with van der Waals surface area (Å²) in [7, 11) is 1.33. The molecule has 4 aromatic rings. The van der Waals surface area contributed by atoms with Crippen LogP contribution < -0.4 is 26.0 Å². The third-order valence-corrected chi connectivity index (χ3v) is 9.95. The molecule has 0 saturated carbocycles. The maximum atomic E-state index is 13.8. The van der Waals surface area contributed by atoms with E-state index in [2.05, 4.69) is 28.2 Å². The average molecular weight is 944 g/mol. The Hall–Kier alpha value is -7.14. The number of carboxylic acid groups (broad SMARTS) is 1. The molecule has 18 heteroatoms. The lowest BCUT2D eigenvalue weighted by Crippen LogP contribution is -2.49. The zero-order valence-corrected chi connectivity index (χ0v) is 39.5. The van der Waals surface area contributed by atoms with Crippen molar-refractivity contribution >= 4 is 53.4 Å². The minimum atomic E-state index is -1.44. The van der Waals surface area contributed by atoms with E-state index in [0.717, 1.165) is 28.9 Å². The molecule has 0 saturated heterocycles. The van der Waals surface area contributed by atoms with Gasteiger partial charge < -0.3 is 50.6 Å². The van der Waals surface area contributed by atoms with E-state index in [1.807, 2.05) is 32.9 Å². The number of halogens is 1. The van der Waals surface area contributed by atoms with Crippen molar-refractivity contribution < 1.29 is 58.0 Å². The number of aliphatic carboxylic acids is 1. The quantitative estimate of drug-likeness (QED) is 0.0527. The highest BCUT2D eigenvalue weighted by atomic mass is 35.5. The molecular formula is C49H58ClN5O12. The first kappa shape index (κ1) is 52.5. The predicted octanol–water partition coefficient (Wildman–Crippen LogP) is 7.18. The fraction of sp³-hybridized carbons (Fsp3) is 0.367. The molecule has 1 aliphatic rings. The summed E-state index contributed by atoms with van der Waals surface area (Å²) < 4.78 is 15.9. The van der Waals surface area contributed by atoms with Gasteiger partial charge in [0.15, 0.2) is 0 Å². The van der Waals surface area contributed by atoms with Gasteiger partial charge in [0.05, 0.1) is 13.1 Å². The van der Waals surface area contributed by atoms with Crippen molar-refractivity contribution in [3.05, 3.63) is 107 Å². The first-order valence-electron chi connectivity index (χ1n) is 21.5. The molecule has 0 aliphatic carbocycles. The van der Waals surface area contributed by atoms with E-state index in [4.69, 9.17) is 25.8 Å². The van der Waals surface area contributed by atoms with Gasteiger partial charge in [-0.1, -0.05) is 61.3 Å². The van der Waals surface area contributed by atoms with Gasteiger partial charge >= 0.3 is 18.2 Å². The number of hydrogen-bond donors (Lipinski definition) is 6. The largest absolute Gasteiger partial charge is 0.514 e. The van der Waals surface area contributed by atoms with Crippen LogP contribution in [0.1, 0.15) is 88.8 Å². The summed E-state index contributed by atoms with van der Waals surface area (Å²) in [6, 6.07) is 19.5. The van der Waals surface area contributed by atoms with Crippen LogP contribution in [0.25, 0.3) is 22.3 Å². The number of nitrogens with zero attached hydrogens (tertiary/aromatic N) is 1. The van der Waals surface area contributed by atoms with Gasteiger partial charge in [0.25, 0.3) is 5.91 Å². The van der Waals surface area contributed by atoms with Crippen molar-refractivity contribution in [2.45, 2.75) is 91.0 Å². The van der Waals surface area contributed by atoms with Gasteiger partial charge in [-0.15, -0.1) is 0 Å². The number of ether oxygens (including phenoxy) is 3. The standard InChI is InChI=1S/C40H39ClN4O10.C9H19NO2/c1-40(2,3)55-39(53)54-32-16-12-26-19-29(32)28-17-22(5-15-31(28)46)18-30(38(51)52)44-33(47)20-42-37(50)35(26)45(4)34(48)21-43-36(49)25-8-6-23(7-9-25)24-10-13-27(41)14-11-24;1-5-6-7-10-8(11)12-9(2,3)4/h5-17,19,30,35,46H,18,20-21H2,1-4H3,(H,42,50)(H,43,49)(H,44,47)(H,51,52);5-7H2,1-4H3,(H,10,11). The molecule has 4 aromatic carbocycles. The van der Waals surface area contributed by atoms with Crippen LogP contribution in [0.4, 0.5) is 9.59 Å². The fourth-order valence-corrected chi connectivity index (χ4v) is 6.59. The van der Waals surface area contributed by atoms with E-state index >= 15 is 0 Å². The third-order valence-electron chi connectivity index (χ3n) is 9.70. The van der Waals surface area contributed by atoms with E-state index in [0.29, 0.717) is 17.1 Å². The molecule has 17 nitrogen and oxygen atoms in total. The number of aromatic hydroxyl groups is 1. The van der Waals surface area contributed by atoms with Crippen LogP contribution in [0.5, 0.6) is 11.5 Å². The zero-order valence-electron chi connectivity index (χ0n) is 38.8.